The van der Waals surface area contributed by atoms with Crippen LogP contribution in [0.15, 0.2) is 0 Å². The minimum atomic E-state index is -0.646. The molecule has 1 N–H and O–H groups in total. The summed E-state index contributed by atoms with van der Waals surface area (Å²) in [6, 6.07) is 0. The predicted molar refractivity (Wildman–Crippen MR) is 87.1 cm³/mol. The highest BCUT2D eigenvalue weighted by atomic mass is 16.4. The first-order valence-corrected chi connectivity index (χ1v) is 8.92. The van der Waals surface area contributed by atoms with Gasteiger partial charge in [-0.15, -0.1) is 0 Å². The van der Waals surface area contributed by atoms with Crippen molar-refractivity contribution in [2.45, 2.75) is 104 Å². The van der Waals surface area contributed by atoms with Crippen LogP contribution in [0, 0.1) is 5.92 Å². The molecule has 1 unspecified atom stereocenters. The highest BCUT2D eigenvalue weighted by Crippen LogP contribution is 2.23. The molecule has 0 aliphatic rings. The van der Waals surface area contributed by atoms with E-state index in [1.165, 1.54) is 70.6 Å². The molecule has 0 radical (unpaired) electrons. The van der Waals surface area contributed by atoms with Crippen LogP contribution in [0.2, 0.25) is 0 Å². The molecule has 0 aromatic heterocycles. The van der Waals surface area contributed by atoms with E-state index >= 15 is 0 Å². The third kappa shape index (κ3) is 13.9. The van der Waals surface area contributed by atoms with Crippen LogP contribution in [0.1, 0.15) is 104 Å². The first kappa shape index (κ1) is 19.5. The van der Waals surface area contributed by atoms with Crippen LogP contribution in [0.25, 0.3) is 0 Å². The van der Waals surface area contributed by atoms with Crippen molar-refractivity contribution in [2.24, 2.45) is 5.92 Å². The minimum Gasteiger partial charge on any atom is -0.481 e. The third-order valence-electron chi connectivity index (χ3n) is 4.18. The smallest absolute Gasteiger partial charge is 0.303 e. The maximum atomic E-state index is 10.5. The highest BCUT2D eigenvalue weighted by molar-refractivity contribution is 5.66. The maximum absolute atomic E-state index is 10.5. The molecule has 0 saturated carbocycles. The number of carbonyl (C=O) groups is 1. The molecular formula is C18H36O2. The third-order valence-corrected chi connectivity index (χ3v) is 4.18. The summed E-state index contributed by atoms with van der Waals surface area (Å²) >= 11 is 0. The molecule has 0 aliphatic carbocycles. The van der Waals surface area contributed by atoms with E-state index in [4.69, 9.17) is 5.11 Å². The van der Waals surface area contributed by atoms with Gasteiger partial charge < -0.3 is 5.11 Å². The quantitative estimate of drug-likeness (QED) is 0.364. The van der Waals surface area contributed by atoms with Crippen molar-refractivity contribution in [3.8, 4) is 0 Å². The predicted octanol–water partition coefficient (Wildman–Crippen LogP) is 6.19. The Hall–Kier alpha value is -0.530. The Kier molecular flexibility index (Phi) is 14.5. The number of carboxylic acids is 1. The Balaban J connectivity index is 3.72. The molecule has 0 heterocycles. The van der Waals surface area contributed by atoms with Gasteiger partial charge in [-0.05, 0) is 12.3 Å². The lowest BCUT2D eigenvalue weighted by molar-refractivity contribution is -0.137. The second-order valence-electron chi connectivity index (χ2n) is 6.20. The lowest BCUT2D eigenvalue weighted by Gasteiger charge is -2.16. The van der Waals surface area contributed by atoms with Gasteiger partial charge in [0, 0.05) is 6.42 Å². The van der Waals surface area contributed by atoms with Crippen molar-refractivity contribution >= 4 is 5.97 Å². The van der Waals surface area contributed by atoms with E-state index in [-0.39, 0.29) is 0 Å². The van der Waals surface area contributed by atoms with E-state index in [0.717, 1.165) is 18.8 Å². The van der Waals surface area contributed by atoms with Crippen LogP contribution < -0.4 is 0 Å². The van der Waals surface area contributed by atoms with Gasteiger partial charge in [0.1, 0.15) is 0 Å². The highest BCUT2D eigenvalue weighted by Gasteiger charge is 2.09. The number of unbranched alkanes of at least 4 members (excludes halogenated alkanes) is 7. The number of hydrogen-bond donors (Lipinski definition) is 1. The maximum Gasteiger partial charge on any atom is 0.303 e. The van der Waals surface area contributed by atoms with Crippen LogP contribution in [-0.4, -0.2) is 11.1 Å². The number of aliphatic carboxylic acids is 1. The van der Waals surface area contributed by atoms with E-state index in [0.29, 0.717) is 6.42 Å². The summed E-state index contributed by atoms with van der Waals surface area (Å²) in [5.74, 6) is 0.198. The Morgan fingerprint density at radius 2 is 1.20 bits per heavy atom. The molecule has 0 spiro atoms. The van der Waals surface area contributed by atoms with Crippen molar-refractivity contribution in [3.63, 3.8) is 0 Å². The first-order valence-electron chi connectivity index (χ1n) is 8.92. The van der Waals surface area contributed by atoms with Gasteiger partial charge in [-0.3, -0.25) is 4.79 Å². The molecule has 120 valence electrons. The summed E-state index contributed by atoms with van der Waals surface area (Å²) in [5.41, 5.74) is 0. The van der Waals surface area contributed by atoms with Crippen molar-refractivity contribution in [1.82, 2.24) is 0 Å². The Labute approximate surface area is 126 Å². The molecule has 0 saturated heterocycles. The van der Waals surface area contributed by atoms with Crippen LogP contribution in [0.3, 0.4) is 0 Å². The SMILES string of the molecule is CCCCCCCC(CCCCC)CCCCC(=O)O. The lowest BCUT2D eigenvalue weighted by atomic mass is 9.90. The fraction of sp³-hybridized carbons (Fsp3) is 0.944. The zero-order valence-corrected chi connectivity index (χ0v) is 13.8. The largest absolute Gasteiger partial charge is 0.481 e. The summed E-state index contributed by atoms with van der Waals surface area (Å²) in [4.78, 5) is 10.5. The van der Waals surface area contributed by atoms with E-state index in [9.17, 15) is 4.79 Å². The molecule has 0 aliphatic heterocycles. The fourth-order valence-electron chi connectivity index (χ4n) is 2.86. The molecule has 20 heavy (non-hydrogen) atoms. The van der Waals surface area contributed by atoms with E-state index in [1.54, 1.807) is 0 Å². The first-order chi connectivity index (χ1) is 9.70. The van der Waals surface area contributed by atoms with Gasteiger partial charge >= 0.3 is 5.97 Å². The zero-order chi connectivity index (χ0) is 15.1. The van der Waals surface area contributed by atoms with Crippen molar-refractivity contribution in [2.75, 3.05) is 0 Å². The second-order valence-corrected chi connectivity index (χ2v) is 6.20. The van der Waals surface area contributed by atoms with Gasteiger partial charge in [-0.2, -0.15) is 0 Å². The second kappa shape index (κ2) is 14.9. The zero-order valence-electron chi connectivity index (χ0n) is 13.8. The fourth-order valence-corrected chi connectivity index (χ4v) is 2.86. The van der Waals surface area contributed by atoms with Crippen molar-refractivity contribution < 1.29 is 9.90 Å². The van der Waals surface area contributed by atoms with Gasteiger partial charge in [0.2, 0.25) is 0 Å². The number of hydrogen-bond acceptors (Lipinski definition) is 1. The molecule has 0 rings (SSSR count). The molecule has 2 nitrogen and oxygen atoms in total. The normalized spacial score (nSPS) is 12.5. The summed E-state index contributed by atoms with van der Waals surface area (Å²) in [6.45, 7) is 4.52. The Bertz CT molecular complexity index is 213. The van der Waals surface area contributed by atoms with E-state index in [1.807, 2.05) is 0 Å². The van der Waals surface area contributed by atoms with Crippen LogP contribution >= 0.6 is 0 Å². The average Bonchev–Trinajstić information content (AvgIpc) is 2.42. The van der Waals surface area contributed by atoms with Gasteiger partial charge in [0.25, 0.3) is 0 Å². The van der Waals surface area contributed by atoms with Gasteiger partial charge in [0.05, 0.1) is 0 Å². The van der Waals surface area contributed by atoms with Crippen LogP contribution in [0.5, 0.6) is 0 Å². The molecule has 2 heteroatoms. The van der Waals surface area contributed by atoms with Gasteiger partial charge in [-0.1, -0.05) is 90.9 Å². The lowest BCUT2D eigenvalue weighted by Crippen LogP contribution is -2.02. The van der Waals surface area contributed by atoms with Gasteiger partial charge in [-0.25, -0.2) is 0 Å². The summed E-state index contributed by atoms with van der Waals surface area (Å²) in [6.07, 6.45) is 17.1. The molecule has 0 amide bonds. The standard InChI is InChI=1S/C18H36O2/c1-3-5-7-8-10-14-17(13-9-6-4-2)15-11-12-16-18(19)20/h17H,3-16H2,1-2H3,(H,19,20). The Morgan fingerprint density at radius 1 is 0.750 bits per heavy atom. The summed E-state index contributed by atoms with van der Waals surface area (Å²) in [7, 11) is 0. The average molecular weight is 284 g/mol. The van der Waals surface area contributed by atoms with Crippen LogP contribution in [0.4, 0.5) is 0 Å². The van der Waals surface area contributed by atoms with Crippen molar-refractivity contribution in [1.29, 1.82) is 0 Å². The molecule has 0 fully saturated rings. The van der Waals surface area contributed by atoms with E-state index < -0.39 is 5.97 Å². The monoisotopic (exact) mass is 284 g/mol. The minimum absolute atomic E-state index is 0.345. The Morgan fingerprint density at radius 3 is 1.75 bits per heavy atom. The number of carboxylic acid groups (broad SMARTS) is 1. The summed E-state index contributed by atoms with van der Waals surface area (Å²) in [5, 5.41) is 8.68. The van der Waals surface area contributed by atoms with Crippen molar-refractivity contribution in [3.05, 3.63) is 0 Å². The molecule has 1 atom stereocenters. The molecule has 0 bridgehead atoms. The number of rotatable bonds is 15. The van der Waals surface area contributed by atoms with Crippen LogP contribution in [-0.2, 0) is 4.79 Å². The van der Waals surface area contributed by atoms with Gasteiger partial charge in [0.15, 0.2) is 0 Å². The molecule has 0 aromatic rings. The molecular weight excluding hydrogens is 248 g/mol. The summed E-state index contributed by atoms with van der Waals surface area (Å²) < 4.78 is 0. The topological polar surface area (TPSA) is 37.3 Å². The van der Waals surface area contributed by atoms with E-state index in [2.05, 4.69) is 13.8 Å². The molecule has 0 aromatic carbocycles.